The second kappa shape index (κ2) is 10.9. The Hall–Kier alpha value is -3.94. The summed E-state index contributed by atoms with van der Waals surface area (Å²) >= 11 is 0. The van der Waals surface area contributed by atoms with Crippen molar-refractivity contribution in [3.63, 3.8) is 0 Å². The molecule has 0 heterocycles. The average Bonchev–Trinajstić information content (AvgIpc) is 2.73. The highest BCUT2D eigenvalue weighted by atomic mass is 16.5. The number of rotatable bonds is 8. The van der Waals surface area contributed by atoms with Crippen LogP contribution < -0.4 is 10.6 Å². The topological polar surface area (TPSA) is 111 Å². The minimum absolute atomic E-state index is 0.348. The summed E-state index contributed by atoms with van der Waals surface area (Å²) in [5.74, 6) is -2.46. The number of esters is 2. The lowest BCUT2D eigenvalue weighted by Gasteiger charge is -2.06. The van der Waals surface area contributed by atoms with Crippen molar-refractivity contribution >= 4 is 23.8 Å². The molecule has 0 fully saturated rings. The van der Waals surface area contributed by atoms with Crippen molar-refractivity contribution < 1.29 is 28.7 Å². The standard InChI is InChI=1S/C20H18N2O6/c23-17(27-13-21-19(25)15-7-3-1-4-8-15)11-12-18(24)28-14-22-20(26)16-9-5-2-6-10-16/h1-12H,13-14H2,(H,21,25)(H,22,26)/b12-11+. The monoisotopic (exact) mass is 382 g/mol. The van der Waals surface area contributed by atoms with E-state index in [0.29, 0.717) is 11.1 Å². The molecule has 0 saturated heterocycles. The molecule has 0 bridgehead atoms. The summed E-state index contributed by atoms with van der Waals surface area (Å²) in [6.07, 6.45) is 1.71. The number of carbonyl (C=O) groups excluding carboxylic acids is 4. The molecule has 144 valence electrons. The van der Waals surface area contributed by atoms with Crippen LogP contribution in [-0.2, 0) is 19.1 Å². The Morgan fingerprint density at radius 1 is 0.643 bits per heavy atom. The van der Waals surface area contributed by atoms with Gasteiger partial charge in [0, 0.05) is 23.3 Å². The van der Waals surface area contributed by atoms with Gasteiger partial charge in [0.25, 0.3) is 11.8 Å². The van der Waals surface area contributed by atoms with Crippen molar-refractivity contribution in [1.82, 2.24) is 10.6 Å². The van der Waals surface area contributed by atoms with E-state index in [0.717, 1.165) is 12.2 Å². The minimum Gasteiger partial charge on any atom is -0.441 e. The van der Waals surface area contributed by atoms with Gasteiger partial charge in [-0.1, -0.05) is 36.4 Å². The fourth-order valence-electron chi connectivity index (χ4n) is 1.96. The van der Waals surface area contributed by atoms with E-state index in [4.69, 9.17) is 9.47 Å². The van der Waals surface area contributed by atoms with Gasteiger partial charge in [-0.2, -0.15) is 0 Å². The highest BCUT2D eigenvalue weighted by Gasteiger charge is 2.07. The summed E-state index contributed by atoms with van der Waals surface area (Å²) in [6.45, 7) is -0.696. The van der Waals surface area contributed by atoms with Gasteiger partial charge in [0.1, 0.15) is 0 Å². The molecule has 0 saturated carbocycles. The Morgan fingerprint density at radius 2 is 1.00 bits per heavy atom. The summed E-state index contributed by atoms with van der Waals surface area (Å²) in [4.78, 5) is 46.5. The molecule has 2 aromatic carbocycles. The molecule has 0 spiro atoms. The molecule has 0 aliphatic rings. The first-order valence-electron chi connectivity index (χ1n) is 8.24. The Bertz CT molecular complexity index is 778. The van der Waals surface area contributed by atoms with E-state index in [-0.39, 0.29) is 13.5 Å². The fourth-order valence-corrected chi connectivity index (χ4v) is 1.96. The molecule has 2 N–H and O–H groups in total. The van der Waals surface area contributed by atoms with Crippen molar-refractivity contribution in [1.29, 1.82) is 0 Å². The summed E-state index contributed by atoms with van der Waals surface area (Å²) in [6, 6.07) is 16.8. The van der Waals surface area contributed by atoms with E-state index >= 15 is 0 Å². The summed E-state index contributed by atoms with van der Waals surface area (Å²) in [7, 11) is 0. The average molecular weight is 382 g/mol. The molecule has 0 aliphatic heterocycles. The normalized spacial score (nSPS) is 10.1. The van der Waals surface area contributed by atoms with Gasteiger partial charge >= 0.3 is 11.9 Å². The van der Waals surface area contributed by atoms with E-state index in [1.165, 1.54) is 0 Å². The van der Waals surface area contributed by atoms with Gasteiger partial charge in [0.2, 0.25) is 0 Å². The maximum atomic E-state index is 11.7. The number of nitrogens with one attached hydrogen (secondary N) is 2. The molecule has 2 aromatic rings. The Balaban J connectivity index is 1.62. The third kappa shape index (κ3) is 7.12. The van der Waals surface area contributed by atoms with Gasteiger partial charge in [-0.25, -0.2) is 9.59 Å². The van der Waals surface area contributed by atoms with Crippen molar-refractivity contribution in [3.05, 3.63) is 83.9 Å². The number of benzene rings is 2. The highest BCUT2D eigenvalue weighted by Crippen LogP contribution is 1.98. The minimum atomic E-state index is -0.835. The summed E-state index contributed by atoms with van der Waals surface area (Å²) in [5, 5.41) is 4.80. The zero-order valence-corrected chi connectivity index (χ0v) is 14.8. The van der Waals surface area contributed by atoms with E-state index in [9.17, 15) is 19.2 Å². The molecule has 8 heteroatoms. The first-order valence-corrected chi connectivity index (χ1v) is 8.24. The quantitative estimate of drug-likeness (QED) is 0.406. The number of ether oxygens (including phenoxy) is 2. The van der Waals surface area contributed by atoms with Gasteiger partial charge in [0.15, 0.2) is 13.5 Å². The predicted molar refractivity (Wildman–Crippen MR) is 98.9 cm³/mol. The van der Waals surface area contributed by atoms with Crippen LogP contribution in [0.2, 0.25) is 0 Å². The summed E-state index contributed by atoms with van der Waals surface area (Å²) < 4.78 is 9.50. The van der Waals surface area contributed by atoms with Crippen LogP contribution in [0.15, 0.2) is 72.8 Å². The Labute approximate surface area is 161 Å². The van der Waals surface area contributed by atoms with Gasteiger partial charge < -0.3 is 20.1 Å². The number of hydrogen-bond donors (Lipinski definition) is 2. The summed E-state index contributed by atoms with van der Waals surface area (Å²) in [5.41, 5.74) is 0.852. The molecule has 0 aromatic heterocycles. The molecule has 2 rings (SSSR count). The van der Waals surface area contributed by atoms with Crippen LogP contribution in [0.25, 0.3) is 0 Å². The van der Waals surface area contributed by atoms with Crippen LogP contribution in [0.4, 0.5) is 0 Å². The van der Waals surface area contributed by atoms with E-state index in [1.807, 2.05) is 0 Å². The molecule has 0 atom stereocenters. The SMILES string of the molecule is O=C(/C=C/C(=O)OCNC(=O)c1ccccc1)OCNC(=O)c1ccccc1. The highest BCUT2D eigenvalue weighted by molar-refractivity contribution is 5.95. The second-order valence-electron chi connectivity index (χ2n) is 5.29. The van der Waals surface area contributed by atoms with E-state index in [2.05, 4.69) is 10.6 Å². The first kappa shape index (κ1) is 20.4. The third-order valence-electron chi connectivity index (χ3n) is 3.32. The second-order valence-corrected chi connectivity index (χ2v) is 5.29. The molecule has 0 unspecified atom stereocenters. The lowest BCUT2D eigenvalue weighted by Crippen LogP contribution is -2.27. The number of carbonyl (C=O) groups is 4. The molecule has 2 amide bonds. The van der Waals surface area contributed by atoms with Gasteiger partial charge in [-0.15, -0.1) is 0 Å². The van der Waals surface area contributed by atoms with Gasteiger partial charge in [0.05, 0.1) is 0 Å². The maximum Gasteiger partial charge on any atom is 0.332 e. The molecule has 28 heavy (non-hydrogen) atoms. The molecular formula is C20H18N2O6. The van der Waals surface area contributed by atoms with Crippen LogP contribution in [-0.4, -0.2) is 37.2 Å². The van der Waals surface area contributed by atoms with Gasteiger partial charge in [-0.3, -0.25) is 9.59 Å². The lowest BCUT2D eigenvalue weighted by atomic mass is 10.2. The Kier molecular flexibility index (Phi) is 7.94. The van der Waals surface area contributed by atoms with Crippen LogP contribution in [0.1, 0.15) is 20.7 Å². The van der Waals surface area contributed by atoms with E-state index < -0.39 is 23.8 Å². The largest absolute Gasteiger partial charge is 0.441 e. The van der Waals surface area contributed by atoms with Crippen LogP contribution >= 0.6 is 0 Å². The molecule has 0 radical (unpaired) electrons. The zero-order valence-electron chi connectivity index (χ0n) is 14.8. The fraction of sp³-hybridized carbons (Fsp3) is 0.100. The third-order valence-corrected chi connectivity index (χ3v) is 3.32. The van der Waals surface area contributed by atoms with Crippen LogP contribution in [0.5, 0.6) is 0 Å². The van der Waals surface area contributed by atoms with Crippen molar-refractivity contribution in [2.75, 3.05) is 13.5 Å². The Morgan fingerprint density at radius 3 is 1.36 bits per heavy atom. The van der Waals surface area contributed by atoms with Crippen LogP contribution in [0, 0.1) is 0 Å². The predicted octanol–water partition coefficient (Wildman–Crippen LogP) is 1.40. The maximum absolute atomic E-state index is 11.7. The first-order chi connectivity index (χ1) is 13.6. The number of amides is 2. The van der Waals surface area contributed by atoms with Crippen molar-refractivity contribution in [2.24, 2.45) is 0 Å². The van der Waals surface area contributed by atoms with Crippen LogP contribution in [0.3, 0.4) is 0 Å². The molecule has 0 aliphatic carbocycles. The van der Waals surface area contributed by atoms with E-state index in [1.54, 1.807) is 60.7 Å². The zero-order chi connectivity index (χ0) is 20.2. The number of hydrogen-bond acceptors (Lipinski definition) is 6. The van der Waals surface area contributed by atoms with Crippen molar-refractivity contribution in [2.45, 2.75) is 0 Å². The molecular weight excluding hydrogens is 364 g/mol. The van der Waals surface area contributed by atoms with Gasteiger partial charge in [-0.05, 0) is 24.3 Å². The molecule has 8 nitrogen and oxygen atoms in total. The van der Waals surface area contributed by atoms with Crippen molar-refractivity contribution in [3.8, 4) is 0 Å². The lowest BCUT2D eigenvalue weighted by molar-refractivity contribution is -0.141. The smallest absolute Gasteiger partial charge is 0.332 e.